The van der Waals surface area contributed by atoms with Crippen LogP contribution in [0.4, 0.5) is 4.39 Å². The van der Waals surface area contributed by atoms with Crippen LogP contribution in [0.1, 0.15) is 48.4 Å². The molecule has 1 aliphatic carbocycles. The highest BCUT2D eigenvalue weighted by Gasteiger charge is 2.28. The van der Waals surface area contributed by atoms with Crippen LogP contribution in [0, 0.1) is 5.82 Å². The Hall–Kier alpha value is -2.70. The van der Waals surface area contributed by atoms with Crippen molar-refractivity contribution in [2.24, 2.45) is 0 Å². The number of carbonyl (C=O) groups excluding carboxylic acids is 2. The summed E-state index contributed by atoms with van der Waals surface area (Å²) in [6, 6.07) is 5.39. The molecule has 0 unspecified atom stereocenters. The maximum absolute atomic E-state index is 13.2. The predicted octanol–water partition coefficient (Wildman–Crippen LogP) is 2.14. The van der Waals surface area contributed by atoms with Crippen LogP contribution in [-0.2, 0) is 17.6 Å². The van der Waals surface area contributed by atoms with Crippen molar-refractivity contribution in [3.63, 3.8) is 0 Å². The van der Waals surface area contributed by atoms with E-state index in [4.69, 9.17) is 0 Å². The van der Waals surface area contributed by atoms with E-state index in [0.29, 0.717) is 12.2 Å². The number of nitrogens with one attached hydrogen (secondary N) is 2. The minimum absolute atomic E-state index is 0.213. The molecule has 2 N–H and O–H groups in total. The van der Waals surface area contributed by atoms with E-state index in [0.717, 1.165) is 42.6 Å². The van der Waals surface area contributed by atoms with Gasteiger partial charge in [-0.2, -0.15) is 5.10 Å². The van der Waals surface area contributed by atoms with Crippen molar-refractivity contribution >= 4 is 11.8 Å². The lowest BCUT2D eigenvalue weighted by molar-refractivity contribution is -0.122. The van der Waals surface area contributed by atoms with E-state index in [-0.39, 0.29) is 17.6 Å². The molecule has 2 aromatic rings. The van der Waals surface area contributed by atoms with Gasteiger partial charge < -0.3 is 10.6 Å². The second-order valence-electron chi connectivity index (χ2n) is 6.50. The van der Waals surface area contributed by atoms with Crippen molar-refractivity contribution in [2.45, 2.75) is 45.6 Å². The van der Waals surface area contributed by atoms with Gasteiger partial charge in [-0.3, -0.25) is 9.59 Å². The van der Waals surface area contributed by atoms with Crippen LogP contribution in [-0.4, -0.2) is 34.2 Å². The second kappa shape index (κ2) is 7.68. The fraction of sp³-hybridized carbons (Fsp3) is 0.421. The summed E-state index contributed by atoms with van der Waals surface area (Å²) in [5.74, 6) is -0.889. The molecule has 0 radical (unpaired) electrons. The zero-order chi connectivity index (χ0) is 18.7. The third-order valence-corrected chi connectivity index (χ3v) is 4.51. The van der Waals surface area contributed by atoms with Crippen LogP contribution in [0.2, 0.25) is 0 Å². The number of hydrogen-bond donors (Lipinski definition) is 2. The average molecular weight is 358 g/mol. The number of aromatic nitrogens is 2. The number of fused-ring (bicyclic) bond motifs is 1. The minimum Gasteiger partial charge on any atom is -0.354 e. The van der Waals surface area contributed by atoms with Gasteiger partial charge in [0.05, 0.1) is 5.69 Å². The van der Waals surface area contributed by atoms with Crippen LogP contribution in [0.15, 0.2) is 24.3 Å². The summed E-state index contributed by atoms with van der Waals surface area (Å²) >= 11 is 0. The second-order valence-corrected chi connectivity index (χ2v) is 6.50. The Labute approximate surface area is 151 Å². The van der Waals surface area contributed by atoms with Gasteiger partial charge in [0.2, 0.25) is 5.91 Å². The molecule has 1 aliphatic rings. The molecule has 138 valence electrons. The molecule has 0 saturated carbocycles. The number of carbonyl (C=O) groups is 2. The van der Waals surface area contributed by atoms with E-state index < -0.39 is 6.04 Å². The summed E-state index contributed by atoms with van der Waals surface area (Å²) in [6.07, 6.45) is 3.37. The largest absolute Gasteiger partial charge is 0.354 e. The molecule has 6 nitrogen and oxygen atoms in total. The van der Waals surface area contributed by atoms with E-state index >= 15 is 0 Å². The minimum atomic E-state index is -0.637. The molecule has 26 heavy (non-hydrogen) atoms. The molecule has 3 rings (SSSR count). The average Bonchev–Trinajstić information content (AvgIpc) is 3.22. The van der Waals surface area contributed by atoms with Crippen molar-refractivity contribution in [1.29, 1.82) is 0 Å². The standard InChI is InChI=1S/C19H23FN4O2/c1-3-11-21-18(25)12(2)22-19(26)17-15-5-4-6-16(15)24(23-17)14-9-7-13(20)8-10-14/h7-10,12H,3-6,11H2,1-2H3,(H,21,25)(H,22,26)/t12-/m0/s1. The van der Waals surface area contributed by atoms with Crippen LogP contribution >= 0.6 is 0 Å². The molecule has 0 saturated heterocycles. The number of benzene rings is 1. The molecular formula is C19H23FN4O2. The van der Waals surface area contributed by atoms with Gasteiger partial charge in [-0.25, -0.2) is 9.07 Å². The third-order valence-electron chi connectivity index (χ3n) is 4.51. The third kappa shape index (κ3) is 3.61. The molecule has 1 heterocycles. The maximum atomic E-state index is 13.2. The molecule has 0 spiro atoms. The van der Waals surface area contributed by atoms with Crippen LogP contribution in [0.25, 0.3) is 5.69 Å². The summed E-state index contributed by atoms with van der Waals surface area (Å²) in [7, 11) is 0. The lowest BCUT2D eigenvalue weighted by Gasteiger charge is -2.13. The Morgan fingerprint density at radius 1 is 1.27 bits per heavy atom. The van der Waals surface area contributed by atoms with Gasteiger partial charge in [0.15, 0.2) is 5.69 Å². The highest BCUT2D eigenvalue weighted by molar-refractivity contribution is 5.97. The number of rotatable bonds is 6. The summed E-state index contributed by atoms with van der Waals surface area (Å²) in [5.41, 5.74) is 2.95. The van der Waals surface area contributed by atoms with E-state index in [9.17, 15) is 14.0 Å². The van der Waals surface area contributed by atoms with Crippen molar-refractivity contribution in [2.75, 3.05) is 6.54 Å². The van der Waals surface area contributed by atoms with Gasteiger partial charge in [-0.05, 0) is 56.9 Å². The van der Waals surface area contributed by atoms with Crippen molar-refractivity contribution < 1.29 is 14.0 Å². The summed E-state index contributed by atoms with van der Waals surface area (Å²) in [5, 5.41) is 9.94. The van der Waals surface area contributed by atoms with E-state index in [1.165, 1.54) is 12.1 Å². The van der Waals surface area contributed by atoms with Gasteiger partial charge in [0, 0.05) is 17.8 Å². The zero-order valence-electron chi connectivity index (χ0n) is 15.0. The van der Waals surface area contributed by atoms with Crippen LogP contribution in [0.5, 0.6) is 0 Å². The van der Waals surface area contributed by atoms with Gasteiger partial charge in [0.1, 0.15) is 11.9 Å². The van der Waals surface area contributed by atoms with Crippen LogP contribution < -0.4 is 10.6 Å². The summed E-state index contributed by atoms with van der Waals surface area (Å²) in [6.45, 7) is 4.20. The highest BCUT2D eigenvalue weighted by atomic mass is 19.1. The maximum Gasteiger partial charge on any atom is 0.272 e. The molecule has 0 fully saturated rings. The van der Waals surface area contributed by atoms with Crippen molar-refractivity contribution in [1.82, 2.24) is 20.4 Å². The van der Waals surface area contributed by atoms with Gasteiger partial charge >= 0.3 is 0 Å². The topological polar surface area (TPSA) is 76.0 Å². The number of nitrogens with zero attached hydrogens (tertiary/aromatic N) is 2. The molecule has 2 amide bonds. The molecule has 1 atom stereocenters. The summed E-state index contributed by atoms with van der Waals surface area (Å²) < 4.78 is 14.9. The quantitative estimate of drug-likeness (QED) is 0.831. The highest BCUT2D eigenvalue weighted by Crippen LogP contribution is 2.28. The zero-order valence-corrected chi connectivity index (χ0v) is 15.0. The first kappa shape index (κ1) is 18.1. The molecule has 1 aromatic heterocycles. The number of hydrogen-bond acceptors (Lipinski definition) is 3. The Balaban J connectivity index is 1.82. The van der Waals surface area contributed by atoms with Crippen molar-refractivity contribution in [3.8, 4) is 5.69 Å². The Morgan fingerprint density at radius 2 is 2.00 bits per heavy atom. The van der Waals surface area contributed by atoms with E-state index in [1.54, 1.807) is 23.7 Å². The molecule has 1 aromatic carbocycles. The first-order valence-corrected chi connectivity index (χ1v) is 8.96. The monoisotopic (exact) mass is 358 g/mol. The Bertz CT molecular complexity index is 814. The molecule has 0 bridgehead atoms. The molecular weight excluding hydrogens is 335 g/mol. The fourth-order valence-corrected chi connectivity index (χ4v) is 3.15. The lowest BCUT2D eigenvalue weighted by Crippen LogP contribution is -2.45. The first-order valence-electron chi connectivity index (χ1n) is 8.96. The van der Waals surface area contributed by atoms with Crippen LogP contribution in [0.3, 0.4) is 0 Å². The van der Waals surface area contributed by atoms with E-state index in [2.05, 4.69) is 15.7 Å². The first-order chi connectivity index (χ1) is 12.5. The number of halogens is 1. The Morgan fingerprint density at radius 3 is 2.69 bits per heavy atom. The lowest BCUT2D eigenvalue weighted by atomic mass is 10.2. The SMILES string of the molecule is CCCNC(=O)[C@H](C)NC(=O)c1nn(-c2ccc(F)cc2)c2c1CCC2. The number of amides is 2. The van der Waals surface area contributed by atoms with Gasteiger partial charge in [-0.1, -0.05) is 6.92 Å². The summed E-state index contributed by atoms with van der Waals surface area (Å²) in [4.78, 5) is 24.6. The van der Waals surface area contributed by atoms with E-state index in [1.807, 2.05) is 6.92 Å². The smallest absolute Gasteiger partial charge is 0.272 e. The van der Waals surface area contributed by atoms with Crippen molar-refractivity contribution in [3.05, 3.63) is 47.0 Å². The Kier molecular flexibility index (Phi) is 5.35. The normalized spacial score (nSPS) is 14.0. The van der Waals surface area contributed by atoms with Gasteiger partial charge in [-0.15, -0.1) is 0 Å². The predicted molar refractivity (Wildman–Crippen MR) is 95.8 cm³/mol. The molecule has 7 heteroatoms. The molecule has 0 aliphatic heterocycles. The van der Waals surface area contributed by atoms with Gasteiger partial charge in [0.25, 0.3) is 5.91 Å². The fourth-order valence-electron chi connectivity index (χ4n) is 3.15.